The molecule has 0 aliphatic carbocycles. The van der Waals surface area contributed by atoms with Crippen molar-refractivity contribution in [1.82, 2.24) is 0 Å². The van der Waals surface area contributed by atoms with Gasteiger partial charge in [0.25, 0.3) is 0 Å². The summed E-state index contributed by atoms with van der Waals surface area (Å²) in [5.74, 6) is -2.93. The van der Waals surface area contributed by atoms with Gasteiger partial charge in [-0.25, -0.2) is 0 Å². The zero-order valence-electron chi connectivity index (χ0n) is 36.4. The Morgan fingerprint density at radius 2 is 0.596 bits per heavy atom. The second kappa shape index (κ2) is 22.9. The summed E-state index contributed by atoms with van der Waals surface area (Å²) in [5, 5.41) is 0. The first kappa shape index (κ1) is 47.4. The summed E-state index contributed by atoms with van der Waals surface area (Å²) in [6.07, 6.45) is 5.22. The minimum absolute atomic E-state index is 0.119. The van der Waals surface area contributed by atoms with E-state index in [2.05, 4.69) is 0 Å². The normalized spacial score (nSPS) is 42.0. The van der Waals surface area contributed by atoms with Crippen LogP contribution < -0.4 is 0 Å². The lowest BCUT2D eigenvalue weighted by Crippen LogP contribution is -2.34. The molecule has 13 heteroatoms. The van der Waals surface area contributed by atoms with E-state index in [0.29, 0.717) is 25.7 Å². The van der Waals surface area contributed by atoms with E-state index in [4.69, 9.17) is 42.6 Å². The summed E-state index contributed by atoms with van der Waals surface area (Å²) in [6, 6.07) is 0. The van der Waals surface area contributed by atoms with Crippen molar-refractivity contribution in [3.05, 3.63) is 0 Å². The molecule has 8 bridgehead atoms. The number of esters is 4. The van der Waals surface area contributed by atoms with Crippen LogP contribution in [0.15, 0.2) is 0 Å². The Kier molecular flexibility index (Phi) is 19.0. The van der Waals surface area contributed by atoms with Gasteiger partial charge < -0.3 is 42.6 Å². The third kappa shape index (κ3) is 14.4. The molecule has 13 nitrogen and oxygen atoms in total. The van der Waals surface area contributed by atoms with Gasteiger partial charge >= 0.3 is 23.9 Å². The van der Waals surface area contributed by atoms with Crippen LogP contribution in [0.25, 0.3) is 0 Å². The fourth-order valence-electron chi connectivity index (χ4n) is 8.81. The van der Waals surface area contributed by atoms with Crippen LogP contribution in [-0.4, -0.2) is 110 Å². The molecule has 0 aromatic carbocycles. The third-order valence-electron chi connectivity index (χ3n) is 12.3. The van der Waals surface area contributed by atoms with Crippen LogP contribution in [0.1, 0.15) is 146 Å². The van der Waals surface area contributed by atoms with Crippen molar-refractivity contribution in [1.29, 1.82) is 0 Å². The summed E-state index contributed by atoms with van der Waals surface area (Å²) in [6.45, 7) is 20.5. The Hall–Kier alpha value is -2.32. The molecule has 0 N–H and O–H groups in total. The van der Waals surface area contributed by atoms with Gasteiger partial charge in [0.15, 0.2) is 0 Å². The first-order valence-corrected chi connectivity index (χ1v) is 22.1. The lowest BCUT2D eigenvalue weighted by molar-refractivity contribution is -0.161. The Labute approximate surface area is 341 Å². The maximum atomic E-state index is 13.1. The summed E-state index contributed by atoms with van der Waals surface area (Å²) in [5.41, 5.74) is 0. The van der Waals surface area contributed by atoms with Gasteiger partial charge in [-0.05, 0) is 121 Å². The van der Waals surface area contributed by atoms with Crippen LogP contribution >= 0.6 is 0 Å². The summed E-state index contributed by atoms with van der Waals surface area (Å²) in [4.78, 5) is 52.4. The number of cyclic esters (lactones) is 4. The molecule has 0 aromatic heterocycles. The van der Waals surface area contributed by atoms with Gasteiger partial charge in [0.1, 0.15) is 24.4 Å². The average Bonchev–Trinajstić information content (AvgIpc) is 3.99. The molecule has 0 aromatic rings. The molecule has 0 spiro atoms. The second-order valence-electron chi connectivity index (χ2n) is 17.4. The number of ether oxygens (including phenoxy) is 9. The van der Waals surface area contributed by atoms with E-state index in [1.807, 2.05) is 69.2 Å². The number of carbonyl (C=O) groups is 4. The number of fused-ring (bicyclic) bond motifs is 8. The van der Waals surface area contributed by atoms with Gasteiger partial charge in [-0.15, -0.1) is 0 Å². The van der Waals surface area contributed by atoms with E-state index in [1.165, 1.54) is 0 Å². The van der Waals surface area contributed by atoms with Gasteiger partial charge in [-0.1, -0.05) is 0 Å². The fraction of sp³-hybridized carbons (Fsp3) is 0.909. The van der Waals surface area contributed by atoms with E-state index in [0.717, 1.165) is 64.6 Å². The molecular formula is C44H74O13. The smallest absolute Gasteiger partial charge is 0.311 e. The highest BCUT2D eigenvalue weighted by Gasteiger charge is 2.41. The first-order chi connectivity index (χ1) is 27.1. The van der Waals surface area contributed by atoms with E-state index >= 15 is 0 Å². The second-order valence-corrected chi connectivity index (χ2v) is 17.4. The fourth-order valence-corrected chi connectivity index (χ4v) is 8.81. The number of rotatable bonds is 2. The Bertz CT molecular complexity index is 1090. The van der Waals surface area contributed by atoms with Crippen LogP contribution in [0.3, 0.4) is 0 Å². The van der Waals surface area contributed by atoms with Crippen LogP contribution in [0.5, 0.6) is 0 Å². The molecule has 0 radical (unpaired) electrons. The minimum Gasteiger partial charge on any atom is -0.462 e. The van der Waals surface area contributed by atoms with Gasteiger partial charge in [-0.3, -0.25) is 19.2 Å². The molecule has 5 rings (SSSR count). The predicted molar refractivity (Wildman–Crippen MR) is 211 cm³/mol. The lowest BCUT2D eigenvalue weighted by atomic mass is 10.00. The molecule has 328 valence electrons. The molecule has 0 amide bonds. The van der Waals surface area contributed by atoms with Crippen molar-refractivity contribution in [2.24, 2.45) is 23.7 Å². The summed E-state index contributed by atoms with van der Waals surface area (Å²) < 4.78 is 53.2. The number of hydrogen-bond acceptors (Lipinski definition) is 13. The van der Waals surface area contributed by atoms with Gasteiger partial charge in [0, 0.05) is 38.9 Å². The highest BCUT2D eigenvalue weighted by molar-refractivity contribution is 5.74. The molecule has 5 aliphatic heterocycles. The molecular weight excluding hydrogens is 736 g/mol. The Morgan fingerprint density at radius 3 is 0.772 bits per heavy atom. The van der Waals surface area contributed by atoms with Crippen LogP contribution in [0, 0.1) is 23.7 Å². The third-order valence-corrected chi connectivity index (χ3v) is 12.3. The van der Waals surface area contributed by atoms with Crippen LogP contribution in [-0.2, 0) is 61.8 Å². The quantitative estimate of drug-likeness (QED) is 0.207. The molecule has 5 heterocycles. The largest absolute Gasteiger partial charge is 0.462 e. The molecule has 57 heavy (non-hydrogen) atoms. The maximum Gasteiger partial charge on any atom is 0.311 e. The molecule has 5 fully saturated rings. The van der Waals surface area contributed by atoms with Crippen LogP contribution in [0.2, 0.25) is 0 Å². The Balaban J connectivity index is 0.00000135. The van der Waals surface area contributed by atoms with E-state index in [9.17, 15) is 19.2 Å². The standard InChI is InChI=1S/C40H64O12.C4H10O/c1-21-17-29-9-13-34(49-29)26(6)38(42)46-23(3)19-31-11-15-36(51-31)28(8)40(44)48-24(4)20-32-12-16-35(52-32)27(7)39(43)47-22(2)18-30-10-14-33(50-30)25(5)37(41)45-21;1-3-5-4-2/h21-36H,9-20H2,1-8H3;3-4H2,1-2H3/t21-,22+,23+,24-,25-,26+,27+,28-,29-,30+,31+,32-,33-,34+,35+,36-;. The monoisotopic (exact) mass is 811 g/mol. The van der Waals surface area contributed by atoms with Crippen molar-refractivity contribution < 1.29 is 61.8 Å². The maximum absolute atomic E-state index is 13.1. The number of hydrogen-bond donors (Lipinski definition) is 0. The van der Waals surface area contributed by atoms with Crippen molar-refractivity contribution >= 4 is 23.9 Å². The average molecular weight is 811 g/mol. The van der Waals surface area contributed by atoms with E-state index in [1.54, 1.807) is 0 Å². The van der Waals surface area contributed by atoms with Crippen LogP contribution in [0.4, 0.5) is 0 Å². The predicted octanol–water partition coefficient (Wildman–Crippen LogP) is 7.06. The molecule has 0 unspecified atom stereocenters. The first-order valence-electron chi connectivity index (χ1n) is 22.1. The van der Waals surface area contributed by atoms with Gasteiger partial charge in [0.2, 0.25) is 0 Å². The van der Waals surface area contributed by atoms with Crippen molar-refractivity contribution in [2.75, 3.05) is 13.2 Å². The Morgan fingerprint density at radius 1 is 0.386 bits per heavy atom. The molecule has 5 aliphatic rings. The van der Waals surface area contributed by atoms with Gasteiger partial charge in [-0.2, -0.15) is 0 Å². The molecule has 16 atom stereocenters. The topological polar surface area (TPSA) is 151 Å². The van der Waals surface area contributed by atoms with Crippen molar-refractivity contribution in [3.63, 3.8) is 0 Å². The van der Waals surface area contributed by atoms with Crippen molar-refractivity contribution in [3.8, 4) is 0 Å². The summed E-state index contributed by atoms with van der Waals surface area (Å²) in [7, 11) is 0. The van der Waals surface area contributed by atoms with Crippen molar-refractivity contribution in [2.45, 2.75) is 220 Å². The highest BCUT2D eigenvalue weighted by atomic mass is 16.6. The minimum atomic E-state index is -0.434. The SMILES string of the molecule is CCOCC.C[C@@H]1C[C@H]2CC[C@H](O2)[C@H](C)C(=O)O[C@@H](C)C[C@@H]2CC[C@@H](O2)[C@@H](C)C(=O)O[C@H](C)C[C@H]2CC[C@H](O2)[C@H](C)C(=O)O[C@@H](C)C[C@@H]2CC[C@@H](O2)[C@@H](C)C(=O)O1. The van der Waals surface area contributed by atoms with E-state index in [-0.39, 0.29) is 97.1 Å². The van der Waals surface area contributed by atoms with E-state index < -0.39 is 23.7 Å². The van der Waals surface area contributed by atoms with Gasteiger partial charge in [0.05, 0.1) is 72.5 Å². The lowest BCUT2D eigenvalue weighted by Gasteiger charge is -2.26. The number of carbonyl (C=O) groups excluding carboxylic acids is 4. The zero-order valence-corrected chi connectivity index (χ0v) is 36.4. The highest BCUT2D eigenvalue weighted by Crippen LogP contribution is 2.34. The molecule has 5 saturated heterocycles. The molecule has 0 saturated carbocycles. The zero-order chi connectivity index (χ0) is 41.8. The summed E-state index contributed by atoms with van der Waals surface area (Å²) >= 11 is 0.